The first kappa shape index (κ1) is 19.9. The van der Waals surface area contributed by atoms with E-state index in [0.29, 0.717) is 18.7 Å². The van der Waals surface area contributed by atoms with E-state index in [-0.39, 0.29) is 17.5 Å². The molecule has 0 unspecified atom stereocenters. The Bertz CT molecular complexity index is 891. The molecule has 5 nitrogen and oxygen atoms in total. The summed E-state index contributed by atoms with van der Waals surface area (Å²) in [4.78, 5) is 26.5. The van der Waals surface area contributed by atoms with Gasteiger partial charge in [0.05, 0.1) is 17.9 Å². The van der Waals surface area contributed by atoms with Crippen LogP contribution in [-0.4, -0.2) is 17.5 Å². The lowest BCUT2D eigenvalue weighted by molar-refractivity contribution is -0.122. The van der Waals surface area contributed by atoms with Crippen LogP contribution in [0, 0.1) is 11.7 Å². The molecule has 1 heterocycles. The molecule has 1 aliphatic heterocycles. The number of fused-ring (bicyclic) bond motifs is 1. The van der Waals surface area contributed by atoms with Gasteiger partial charge in [-0.25, -0.2) is 9.18 Å². The van der Waals surface area contributed by atoms with Gasteiger partial charge in [0.15, 0.2) is 0 Å². The molecule has 2 aromatic carbocycles. The largest absolute Gasteiger partial charge is 0.333 e. The first-order valence-electron chi connectivity index (χ1n) is 9.41. The first-order valence-corrected chi connectivity index (χ1v) is 9.41. The van der Waals surface area contributed by atoms with Crippen molar-refractivity contribution in [1.29, 1.82) is 0 Å². The molecule has 0 fully saturated rings. The second kappa shape index (κ2) is 7.62. The van der Waals surface area contributed by atoms with E-state index in [1.807, 2.05) is 58.0 Å². The molecule has 0 bridgehead atoms. The van der Waals surface area contributed by atoms with Gasteiger partial charge in [0, 0.05) is 17.5 Å². The van der Waals surface area contributed by atoms with Crippen molar-refractivity contribution in [3.05, 3.63) is 59.4 Å². The summed E-state index contributed by atoms with van der Waals surface area (Å²) in [5.41, 5.74) is 2.06. The van der Waals surface area contributed by atoms with Crippen molar-refractivity contribution in [2.24, 2.45) is 5.92 Å². The van der Waals surface area contributed by atoms with Gasteiger partial charge in [0.2, 0.25) is 5.91 Å². The number of anilines is 2. The third-order valence-corrected chi connectivity index (χ3v) is 4.59. The summed E-state index contributed by atoms with van der Waals surface area (Å²) < 4.78 is 14.7. The molecular formula is C22H26FN3O2. The van der Waals surface area contributed by atoms with Gasteiger partial charge in [-0.05, 0) is 44.4 Å². The number of carbonyl (C=O) groups is 2. The fraction of sp³-hybridized carbons (Fsp3) is 0.364. The van der Waals surface area contributed by atoms with Gasteiger partial charge in [-0.2, -0.15) is 0 Å². The van der Waals surface area contributed by atoms with Gasteiger partial charge in [-0.1, -0.05) is 37.3 Å². The van der Waals surface area contributed by atoms with Crippen molar-refractivity contribution < 1.29 is 14.0 Å². The van der Waals surface area contributed by atoms with E-state index in [0.717, 1.165) is 11.1 Å². The van der Waals surface area contributed by atoms with Crippen LogP contribution in [0.1, 0.15) is 38.8 Å². The van der Waals surface area contributed by atoms with E-state index in [1.54, 1.807) is 11.0 Å². The van der Waals surface area contributed by atoms with Crippen molar-refractivity contribution >= 4 is 23.3 Å². The van der Waals surface area contributed by atoms with Gasteiger partial charge in [0.1, 0.15) is 5.82 Å². The molecule has 0 spiro atoms. The van der Waals surface area contributed by atoms with E-state index in [1.165, 1.54) is 6.07 Å². The summed E-state index contributed by atoms with van der Waals surface area (Å²) in [7, 11) is 0. The number of hydrogen-bond acceptors (Lipinski definition) is 2. The molecular weight excluding hydrogens is 357 g/mol. The van der Waals surface area contributed by atoms with Crippen LogP contribution in [-0.2, 0) is 17.8 Å². The standard InChI is InChI=1S/C22H26FN3O2/c1-14-10-16-11-18(24-21(28)25-22(2,3)4)17(23)12-19(16)26(20(14)27)13-15-8-6-5-7-9-15/h5-9,11-12,14H,10,13H2,1-4H3,(H2,24,25,28)/t14-/m1/s1. The number of rotatable bonds is 3. The second-order valence-corrected chi connectivity index (χ2v) is 8.31. The van der Waals surface area contributed by atoms with Gasteiger partial charge in [-0.3, -0.25) is 4.79 Å². The Morgan fingerprint density at radius 1 is 1.21 bits per heavy atom. The summed E-state index contributed by atoms with van der Waals surface area (Å²) in [6.07, 6.45) is 0.509. The maximum atomic E-state index is 14.7. The monoisotopic (exact) mass is 383 g/mol. The highest BCUT2D eigenvalue weighted by Crippen LogP contribution is 2.35. The Morgan fingerprint density at radius 2 is 1.89 bits per heavy atom. The average Bonchev–Trinajstić information content (AvgIpc) is 2.60. The lowest BCUT2D eigenvalue weighted by Crippen LogP contribution is -2.43. The van der Waals surface area contributed by atoms with Crippen LogP contribution in [0.25, 0.3) is 0 Å². The molecule has 1 aliphatic rings. The van der Waals surface area contributed by atoms with Crippen molar-refractivity contribution in [2.45, 2.75) is 46.2 Å². The number of hydrogen-bond donors (Lipinski definition) is 2. The third-order valence-electron chi connectivity index (χ3n) is 4.59. The highest BCUT2D eigenvalue weighted by atomic mass is 19.1. The third kappa shape index (κ3) is 4.50. The Balaban J connectivity index is 1.90. The molecule has 3 amide bonds. The van der Waals surface area contributed by atoms with Crippen molar-refractivity contribution in [1.82, 2.24) is 5.32 Å². The molecule has 6 heteroatoms. The summed E-state index contributed by atoms with van der Waals surface area (Å²) in [6.45, 7) is 7.80. The highest BCUT2D eigenvalue weighted by Gasteiger charge is 2.31. The topological polar surface area (TPSA) is 61.4 Å². The molecule has 0 aromatic heterocycles. The fourth-order valence-corrected chi connectivity index (χ4v) is 3.34. The minimum Gasteiger partial charge on any atom is -0.333 e. The highest BCUT2D eigenvalue weighted by molar-refractivity contribution is 5.99. The minimum absolute atomic E-state index is 0.0260. The number of halogens is 1. The minimum atomic E-state index is -0.566. The summed E-state index contributed by atoms with van der Waals surface area (Å²) in [5.74, 6) is -0.803. The molecule has 1 atom stereocenters. The van der Waals surface area contributed by atoms with Crippen molar-refractivity contribution in [3.63, 3.8) is 0 Å². The zero-order valence-corrected chi connectivity index (χ0v) is 16.7. The fourth-order valence-electron chi connectivity index (χ4n) is 3.34. The molecule has 3 rings (SSSR count). The normalized spacial score (nSPS) is 16.5. The number of benzene rings is 2. The number of carbonyl (C=O) groups excluding carboxylic acids is 2. The molecule has 2 N–H and O–H groups in total. The average molecular weight is 383 g/mol. The molecule has 0 saturated carbocycles. The number of nitrogens with zero attached hydrogens (tertiary/aromatic N) is 1. The van der Waals surface area contributed by atoms with Gasteiger partial charge < -0.3 is 15.5 Å². The second-order valence-electron chi connectivity index (χ2n) is 8.31. The van der Waals surface area contributed by atoms with E-state index >= 15 is 0 Å². The molecule has 2 aromatic rings. The Morgan fingerprint density at radius 3 is 2.54 bits per heavy atom. The summed E-state index contributed by atoms with van der Waals surface area (Å²) in [6, 6.07) is 12.1. The van der Waals surface area contributed by atoms with Crippen molar-refractivity contribution in [3.8, 4) is 0 Å². The number of urea groups is 1. The number of nitrogens with one attached hydrogen (secondary N) is 2. The lowest BCUT2D eigenvalue weighted by Gasteiger charge is -2.33. The lowest BCUT2D eigenvalue weighted by atomic mass is 9.92. The maximum absolute atomic E-state index is 14.7. The van der Waals surface area contributed by atoms with E-state index in [2.05, 4.69) is 10.6 Å². The van der Waals surface area contributed by atoms with Crippen LogP contribution in [0.3, 0.4) is 0 Å². The quantitative estimate of drug-likeness (QED) is 0.821. The number of amides is 3. The molecule has 148 valence electrons. The van der Waals surface area contributed by atoms with Gasteiger partial charge in [-0.15, -0.1) is 0 Å². The van der Waals surface area contributed by atoms with Crippen molar-refractivity contribution in [2.75, 3.05) is 10.2 Å². The Labute approximate surface area is 164 Å². The molecule has 0 aliphatic carbocycles. The zero-order valence-electron chi connectivity index (χ0n) is 16.7. The van der Waals surface area contributed by atoms with E-state index < -0.39 is 17.4 Å². The van der Waals surface area contributed by atoms with Crippen LogP contribution >= 0.6 is 0 Å². The smallest absolute Gasteiger partial charge is 0.319 e. The van der Waals surface area contributed by atoms with Crippen LogP contribution < -0.4 is 15.5 Å². The van der Waals surface area contributed by atoms with Gasteiger partial charge >= 0.3 is 6.03 Å². The summed E-state index contributed by atoms with van der Waals surface area (Å²) >= 11 is 0. The molecule has 28 heavy (non-hydrogen) atoms. The molecule has 0 saturated heterocycles. The van der Waals surface area contributed by atoms with Gasteiger partial charge in [0.25, 0.3) is 0 Å². The maximum Gasteiger partial charge on any atom is 0.319 e. The SMILES string of the molecule is C[C@@H]1Cc2cc(NC(=O)NC(C)(C)C)c(F)cc2N(Cc2ccccc2)C1=O. The zero-order chi connectivity index (χ0) is 20.5. The Hall–Kier alpha value is -2.89. The Kier molecular flexibility index (Phi) is 5.40. The van der Waals surface area contributed by atoms with E-state index in [4.69, 9.17) is 0 Å². The molecule has 0 radical (unpaired) electrons. The van der Waals surface area contributed by atoms with Crippen LogP contribution in [0.15, 0.2) is 42.5 Å². The van der Waals surface area contributed by atoms with Crippen LogP contribution in [0.4, 0.5) is 20.6 Å². The predicted octanol–water partition coefficient (Wildman–Crippen LogP) is 4.47. The van der Waals surface area contributed by atoms with Crippen LogP contribution in [0.5, 0.6) is 0 Å². The first-order chi connectivity index (χ1) is 13.1. The summed E-state index contributed by atoms with van der Waals surface area (Å²) in [5, 5.41) is 5.33. The predicted molar refractivity (Wildman–Crippen MR) is 109 cm³/mol. The van der Waals surface area contributed by atoms with Crippen LogP contribution in [0.2, 0.25) is 0 Å². The van der Waals surface area contributed by atoms with E-state index in [9.17, 15) is 14.0 Å².